The molecule has 0 amide bonds. The first kappa shape index (κ1) is 10.5. The van der Waals surface area contributed by atoms with Crippen LogP contribution in [0.15, 0.2) is 11.2 Å². The summed E-state index contributed by atoms with van der Waals surface area (Å²) in [6.07, 6.45) is 1.67. The Morgan fingerprint density at radius 2 is 2.08 bits per heavy atom. The zero-order chi connectivity index (χ0) is 10.2. The third kappa shape index (κ3) is 2.22. The van der Waals surface area contributed by atoms with Gasteiger partial charge in [-0.25, -0.2) is 8.42 Å². The summed E-state index contributed by atoms with van der Waals surface area (Å²) in [4.78, 5) is 0. The zero-order valence-corrected chi connectivity index (χ0v) is 9.22. The summed E-state index contributed by atoms with van der Waals surface area (Å²) in [5.41, 5.74) is 0.650. The zero-order valence-electron chi connectivity index (χ0n) is 7.65. The van der Waals surface area contributed by atoms with E-state index in [4.69, 9.17) is 10.7 Å². The first-order chi connectivity index (χ1) is 5.82. The molecule has 0 radical (unpaired) electrons. The normalized spacial score (nSPS) is 12.4. The molecule has 74 valence electrons. The molecule has 0 aromatic carbocycles. The second-order valence-electron chi connectivity index (χ2n) is 3.16. The Balaban J connectivity index is 3.37. The predicted octanol–water partition coefficient (Wildman–Crippen LogP) is 1.47. The Kier molecular flexibility index (Phi) is 2.68. The van der Waals surface area contributed by atoms with Crippen molar-refractivity contribution in [1.82, 2.24) is 9.78 Å². The van der Waals surface area contributed by atoms with E-state index in [1.165, 1.54) is 4.68 Å². The minimum atomic E-state index is -3.72. The Bertz CT molecular complexity index is 408. The van der Waals surface area contributed by atoms with E-state index in [1.54, 1.807) is 13.2 Å². The van der Waals surface area contributed by atoms with Gasteiger partial charge in [0, 0.05) is 29.5 Å². The SMILES string of the molecule is CC(C)c1cn(C)nc1S(=O)(=O)Cl. The molecule has 1 aromatic heterocycles. The molecule has 13 heavy (non-hydrogen) atoms. The Hall–Kier alpha value is -0.550. The van der Waals surface area contributed by atoms with Gasteiger partial charge in [-0.05, 0) is 5.92 Å². The van der Waals surface area contributed by atoms with Gasteiger partial charge < -0.3 is 0 Å². The topological polar surface area (TPSA) is 52.0 Å². The summed E-state index contributed by atoms with van der Waals surface area (Å²) in [5, 5.41) is 3.76. The molecule has 0 aliphatic heterocycles. The lowest BCUT2D eigenvalue weighted by Crippen LogP contribution is -1.98. The quantitative estimate of drug-likeness (QED) is 0.713. The van der Waals surface area contributed by atoms with Crippen LogP contribution < -0.4 is 0 Å². The van der Waals surface area contributed by atoms with Crippen LogP contribution in [0.25, 0.3) is 0 Å². The highest BCUT2D eigenvalue weighted by atomic mass is 35.7. The van der Waals surface area contributed by atoms with E-state index < -0.39 is 9.05 Å². The van der Waals surface area contributed by atoms with Crippen LogP contribution in [0, 0.1) is 0 Å². The van der Waals surface area contributed by atoms with Gasteiger partial charge in [-0.2, -0.15) is 5.10 Å². The van der Waals surface area contributed by atoms with E-state index >= 15 is 0 Å². The molecule has 0 atom stereocenters. The molecule has 0 bridgehead atoms. The molecule has 0 saturated heterocycles. The van der Waals surface area contributed by atoms with Gasteiger partial charge in [0.05, 0.1) is 0 Å². The number of hydrogen-bond acceptors (Lipinski definition) is 3. The van der Waals surface area contributed by atoms with Crippen LogP contribution in [0.3, 0.4) is 0 Å². The van der Waals surface area contributed by atoms with Crippen molar-refractivity contribution in [2.45, 2.75) is 24.8 Å². The fraction of sp³-hybridized carbons (Fsp3) is 0.571. The molecule has 0 unspecified atom stereocenters. The van der Waals surface area contributed by atoms with Gasteiger partial charge in [0.1, 0.15) is 0 Å². The van der Waals surface area contributed by atoms with Crippen molar-refractivity contribution < 1.29 is 8.42 Å². The van der Waals surface area contributed by atoms with E-state index in [0.717, 1.165) is 0 Å². The van der Waals surface area contributed by atoms with Crippen LogP contribution in [-0.4, -0.2) is 18.2 Å². The summed E-state index contributed by atoms with van der Waals surface area (Å²) in [6.45, 7) is 3.78. The van der Waals surface area contributed by atoms with E-state index in [1.807, 2.05) is 13.8 Å². The summed E-state index contributed by atoms with van der Waals surface area (Å²) in [5.74, 6) is 0.0947. The van der Waals surface area contributed by atoms with Crippen LogP contribution >= 0.6 is 10.7 Å². The molecule has 1 aromatic rings. The number of aryl methyl sites for hydroxylation is 1. The maximum atomic E-state index is 11.1. The van der Waals surface area contributed by atoms with Crippen LogP contribution in [0.4, 0.5) is 0 Å². The van der Waals surface area contributed by atoms with Crippen LogP contribution in [0.2, 0.25) is 0 Å². The summed E-state index contributed by atoms with van der Waals surface area (Å²) in [7, 11) is 3.16. The summed E-state index contributed by atoms with van der Waals surface area (Å²) in [6, 6.07) is 0. The van der Waals surface area contributed by atoms with Crippen molar-refractivity contribution in [2.24, 2.45) is 7.05 Å². The van der Waals surface area contributed by atoms with Gasteiger partial charge >= 0.3 is 0 Å². The minimum absolute atomic E-state index is 0.0355. The monoisotopic (exact) mass is 222 g/mol. The summed E-state index contributed by atoms with van der Waals surface area (Å²) < 4.78 is 23.6. The van der Waals surface area contributed by atoms with Crippen molar-refractivity contribution in [3.05, 3.63) is 11.8 Å². The average molecular weight is 223 g/mol. The smallest absolute Gasteiger partial charge is 0.274 e. The maximum absolute atomic E-state index is 11.1. The highest BCUT2D eigenvalue weighted by Gasteiger charge is 2.21. The molecule has 6 heteroatoms. The fourth-order valence-electron chi connectivity index (χ4n) is 1.07. The van der Waals surface area contributed by atoms with Gasteiger partial charge in [0.25, 0.3) is 9.05 Å². The van der Waals surface area contributed by atoms with Crippen molar-refractivity contribution in [3.63, 3.8) is 0 Å². The third-order valence-corrected chi connectivity index (χ3v) is 2.89. The van der Waals surface area contributed by atoms with Crippen molar-refractivity contribution in [1.29, 1.82) is 0 Å². The fourth-order valence-corrected chi connectivity index (χ4v) is 2.23. The largest absolute Gasteiger partial charge is 0.280 e. The Morgan fingerprint density at radius 3 is 2.38 bits per heavy atom. The minimum Gasteiger partial charge on any atom is -0.274 e. The third-order valence-electron chi connectivity index (χ3n) is 1.67. The molecular formula is C7H11ClN2O2S. The molecule has 0 saturated carbocycles. The van der Waals surface area contributed by atoms with Crippen molar-refractivity contribution in [3.8, 4) is 0 Å². The number of hydrogen-bond donors (Lipinski definition) is 0. The molecule has 0 aliphatic rings. The van der Waals surface area contributed by atoms with E-state index in [0.29, 0.717) is 5.56 Å². The van der Waals surface area contributed by atoms with Crippen molar-refractivity contribution in [2.75, 3.05) is 0 Å². The molecule has 4 nitrogen and oxygen atoms in total. The highest BCUT2D eigenvalue weighted by Crippen LogP contribution is 2.24. The van der Waals surface area contributed by atoms with E-state index in [9.17, 15) is 8.42 Å². The first-order valence-electron chi connectivity index (χ1n) is 3.80. The van der Waals surface area contributed by atoms with Gasteiger partial charge in [0.2, 0.25) is 0 Å². The molecular weight excluding hydrogens is 212 g/mol. The van der Waals surface area contributed by atoms with Crippen LogP contribution in [0.5, 0.6) is 0 Å². The standard InChI is InChI=1S/C7H11ClN2O2S/c1-5(2)6-4-10(3)9-7(6)13(8,11)12/h4-5H,1-3H3. The number of rotatable bonds is 2. The number of aromatic nitrogens is 2. The number of nitrogens with zero attached hydrogens (tertiary/aromatic N) is 2. The van der Waals surface area contributed by atoms with Crippen LogP contribution in [0.1, 0.15) is 25.3 Å². The van der Waals surface area contributed by atoms with E-state index in [2.05, 4.69) is 5.10 Å². The predicted molar refractivity (Wildman–Crippen MR) is 50.3 cm³/mol. The van der Waals surface area contributed by atoms with Gasteiger partial charge in [-0.15, -0.1) is 0 Å². The molecule has 0 aliphatic carbocycles. The van der Waals surface area contributed by atoms with E-state index in [-0.39, 0.29) is 10.9 Å². The Labute approximate surface area is 81.9 Å². The Morgan fingerprint density at radius 1 is 1.54 bits per heavy atom. The molecule has 0 spiro atoms. The van der Waals surface area contributed by atoms with Gasteiger partial charge in [-0.1, -0.05) is 13.8 Å². The van der Waals surface area contributed by atoms with Crippen molar-refractivity contribution >= 4 is 19.7 Å². The first-order valence-corrected chi connectivity index (χ1v) is 6.11. The van der Waals surface area contributed by atoms with Gasteiger partial charge in [0.15, 0.2) is 5.03 Å². The molecule has 0 fully saturated rings. The lowest BCUT2D eigenvalue weighted by molar-refractivity contribution is 0.599. The summed E-state index contributed by atoms with van der Waals surface area (Å²) >= 11 is 0. The second kappa shape index (κ2) is 3.31. The van der Waals surface area contributed by atoms with Crippen LogP contribution in [-0.2, 0) is 16.1 Å². The lowest BCUT2D eigenvalue weighted by atomic mass is 10.1. The molecule has 0 N–H and O–H groups in total. The number of halogens is 1. The molecule has 1 heterocycles. The second-order valence-corrected chi connectivity index (χ2v) is 5.64. The maximum Gasteiger partial charge on any atom is 0.280 e. The molecule has 1 rings (SSSR count). The van der Waals surface area contributed by atoms with Gasteiger partial charge in [-0.3, -0.25) is 4.68 Å². The average Bonchev–Trinajstić information content (AvgIpc) is 2.29. The lowest BCUT2D eigenvalue weighted by Gasteiger charge is -2.00. The highest BCUT2D eigenvalue weighted by molar-refractivity contribution is 8.13.